The van der Waals surface area contributed by atoms with Crippen molar-refractivity contribution in [3.8, 4) is 12.3 Å². The second-order valence-corrected chi connectivity index (χ2v) is 3.27. The number of rotatable bonds is 0. The Morgan fingerprint density at radius 3 is 2.27 bits per heavy atom. The van der Waals surface area contributed by atoms with Crippen molar-refractivity contribution in [2.45, 2.75) is 19.3 Å². The first kappa shape index (κ1) is 11.3. The summed E-state index contributed by atoms with van der Waals surface area (Å²) in [5.41, 5.74) is 0.938. The molecule has 0 saturated carbocycles. The van der Waals surface area contributed by atoms with Gasteiger partial charge >= 0.3 is 0 Å². The number of carbonyl (C=O) groups is 1. The van der Waals surface area contributed by atoms with Crippen LogP contribution in [-0.2, 0) is 4.79 Å². The lowest BCUT2D eigenvalue weighted by Gasteiger charge is -1.97. The van der Waals surface area contributed by atoms with Crippen LogP contribution in [0, 0.1) is 12.3 Å². The highest BCUT2D eigenvalue weighted by molar-refractivity contribution is 5.90. The summed E-state index contributed by atoms with van der Waals surface area (Å²) in [5, 5.41) is 0. The van der Waals surface area contributed by atoms with E-state index in [-0.39, 0.29) is 5.78 Å². The molecule has 1 aromatic carbocycles. The van der Waals surface area contributed by atoms with Crippen molar-refractivity contribution in [3.05, 3.63) is 48.0 Å². The largest absolute Gasteiger partial charge is 0.295 e. The molecule has 1 aliphatic rings. The third-order valence-corrected chi connectivity index (χ3v) is 2.04. The summed E-state index contributed by atoms with van der Waals surface area (Å²) >= 11 is 0. The van der Waals surface area contributed by atoms with Crippen molar-refractivity contribution >= 4 is 5.78 Å². The normalized spacial score (nSPS) is 13.7. The number of allylic oxidation sites excluding steroid dienone is 2. The van der Waals surface area contributed by atoms with Crippen molar-refractivity contribution < 1.29 is 4.79 Å². The predicted molar refractivity (Wildman–Crippen MR) is 62.4 cm³/mol. The van der Waals surface area contributed by atoms with E-state index in [0.29, 0.717) is 0 Å². The zero-order chi connectivity index (χ0) is 10.9. The van der Waals surface area contributed by atoms with Crippen molar-refractivity contribution in [2.75, 3.05) is 0 Å². The van der Waals surface area contributed by atoms with Gasteiger partial charge < -0.3 is 0 Å². The van der Waals surface area contributed by atoms with Gasteiger partial charge in [-0.3, -0.25) is 4.79 Å². The molecule has 1 nitrogen and oxygen atoms in total. The third-order valence-electron chi connectivity index (χ3n) is 2.04. The monoisotopic (exact) mass is 198 g/mol. The molecule has 0 amide bonds. The first-order valence-corrected chi connectivity index (χ1v) is 5.04. The molecule has 1 aliphatic carbocycles. The van der Waals surface area contributed by atoms with Crippen LogP contribution in [-0.4, -0.2) is 5.78 Å². The fourth-order valence-electron chi connectivity index (χ4n) is 1.23. The molecule has 0 atom stereocenters. The summed E-state index contributed by atoms with van der Waals surface area (Å²) in [6.07, 6.45) is 11.6. The molecule has 1 aromatic rings. The van der Waals surface area contributed by atoms with E-state index in [0.717, 1.165) is 24.8 Å². The minimum atomic E-state index is 0.284. The molecular formula is C14H14O. The van der Waals surface area contributed by atoms with Crippen LogP contribution in [0.15, 0.2) is 42.5 Å². The molecule has 0 aromatic heterocycles. The second kappa shape index (κ2) is 6.62. The van der Waals surface area contributed by atoms with Crippen LogP contribution in [0.1, 0.15) is 24.8 Å². The molecule has 0 spiro atoms. The zero-order valence-electron chi connectivity index (χ0n) is 8.65. The van der Waals surface area contributed by atoms with Crippen LogP contribution in [0.25, 0.3) is 0 Å². The van der Waals surface area contributed by atoms with Gasteiger partial charge in [0.15, 0.2) is 5.78 Å². The summed E-state index contributed by atoms with van der Waals surface area (Å²) in [4.78, 5) is 10.4. The maximum atomic E-state index is 10.4. The van der Waals surface area contributed by atoms with Crippen LogP contribution in [0.3, 0.4) is 0 Å². The van der Waals surface area contributed by atoms with E-state index in [1.807, 2.05) is 36.4 Å². The molecule has 76 valence electrons. The van der Waals surface area contributed by atoms with Crippen molar-refractivity contribution in [1.29, 1.82) is 0 Å². The summed E-state index contributed by atoms with van der Waals surface area (Å²) in [6.45, 7) is 0. The van der Waals surface area contributed by atoms with Crippen molar-refractivity contribution in [2.24, 2.45) is 0 Å². The summed E-state index contributed by atoms with van der Waals surface area (Å²) < 4.78 is 0. The second-order valence-electron chi connectivity index (χ2n) is 3.27. The highest BCUT2D eigenvalue weighted by Gasteiger charge is 1.98. The number of ketones is 1. The van der Waals surface area contributed by atoms with Gasteiger partial charge in [0.25, 0.3) is 0 Å². The van der Waals surface area contributed by atoms with E-state index in [1.165, 1.54) is 0 Å². The van der Waals surface area contributed by atoms with Crippen LogP contribution in [0.2, 0.25) is 0 Å². The molecule has 0 N–H and O–H groups in total. The van der Waals surface area contributed by atoms with Gasteiger partial charge in [-0.05, 0) is 31.1 Å². The minimum Gasteiger partial charge on any atom is -0.295 e. The Kier molecular flexibility index (Phi) is 4.97. The van der Waals surface area contributed by atoms with E-state index >= 15 is 0 Å². The zero-order valence-corrected chi connectivity index (χ0v) is 8.65. The average Bonchev–Trinajstić information content (AvgIpc) is 2.32. The number of benzene rings is 1. The highest BCUT2D eigenvalue weighted by Crippen LogP contribution is 2.04. The lowest BCUT2D eigenvalue weighted by molar-refractivity contribution is -0.114. The molecule has 0 radical (unpaired) electrons. The Balaban J connectivity index is 0.000000151. The molecule has 0 fully saturated rings. The van der Waals surface area contributed by atoms with Gasteiger partial charge in [0.1, 0.15) is 0 Å². The minimum absolute atomic E-state index is 0.284. The van der Waals surface area contributed by atoms with Crippen LogP contribution in [0.5, 0.6) is 0 Å². The van der Waals surface area contributed by atoms with E-state index in [9.17, 15) is 4.79 Å². The van der Waals surface area contributed by atoms with Gasteiger partial charge in [-0.15, -0.1) is 6.42 Å². The van der Waals surface area contributed by atoms with Gasteiger partial charge in [-0.1, -0.05) is 30.2 Å². The quantitative estimate of drug-likeness (QED) is 0.586. The lowest BCUT2D eigenvalue weighted by Crippen LogP contribution is -1.95. The molecule has 1 heteroatoms. The Morgan fingerprint density at radius 2 is 1.93 bits per heavy atom. The van der Waals surface area contributed by atoms with Crippen LogP contribution < -0.4 is 0 Å². The number of hydrogen-bond acceptors (Lipinski definition) is 1. The molecule has 15 heavy (non-hydrogen) atoms. The SMILES string of the molecule is C#Cc1ccccc1.O=C1C=CCCC1. The molecule has 0 heterocycles. The Labute approximate surface area is 90.8 Å². The van der Waals surface area contributed by atoms with E-state index in [2.05, 4.69) is 5.92 Å². The van der Waals surface area contributed by atoms with Crippen LogP contribution >= 0.6 is 0 Å². The highest BCUT2D eigenvalue weighted by atomic mass is 16.1. The average molecular weight is 198 g/mol. The van der Waals surface area contributed by atoms with E-state index in [4.69, 9.17) is 6.42 Å². The number of carbonyl (C=O) groups excluding carboxylic acids is 1. The summed E-state index contributed by atoms with van der Waals surface area (Å²) in [6, 6.07) is 9.60. The topological polar surface area (TPSA) is 17.1 Å². The van der Waals surface area contributed by atoms with Gasteiger partial charge in [0.05, 0.1) is 0 Å². The Bertz CT molecular complexity index is 368. The maximum Gasteiger partial charge on any atom is 0.155 e. The molecule has 0 bridgehead atoms. The van der Waals surface area contributed by atoms with Gasteiger partial charge in [0, 0.05) is 12.0 Å². The van der Waals surface area contributed by atoms with Crippen molar-refractivity contribution in [3.63, 3.8) is 0 Å². The first-order valence-electron chi connectivity index (χ1n) is 5.04. The Hall–Kier alpha value is -1.81. The number of terminal acetylenes is 1. The van der Waals surface area contributed by atoms with E-state index in [1.54, 1.807) is 6.08 Å². The van der Waals surface area contributed by atoms with Crippen LogP contribution in [0.4, 0.5) is 0 Å². The fourth-order valence-corrected chi connectivity index (χ4v) is 1.23. The van der Waals surface area contributed by atoms with Crippen molar-refractivity contribution in [1.82, 2.24) is 0 Å². The molecular weight excluding hydrogens is 184 g/mol. The summed E-state index contributed by atoms with van der Waals surface area (Å²) in [7, 11) is 0. The molecule has 0 aliphatic heterocycles. The van der Waals surface area contributed by atoms with Gasteiger partial charge in [-0.2, -0.15) is 0 Å². The predicted octanol–water partition coefficient (Wildman–Crippen LogP) is 2.96. The summed E-state index contributed by atoms with van der Waals surface area (Å²) in [5.74, 6) is 2.81. The smallest absolute Gasteiger partial charge is 0.155 e. The Morgan fingerprint density at radius 1 is 1.20 bits per heavy atom. The van der Waals surface area contributed by atoms with Gasteiger partial charge in [-0.25, -0.2) is 0 Å². The fraction of sp³-hybridized carbons (Fsp3) is 0.214. The molecule has 2 rings (SSSR count). The number of hydrogen-bond donors (Lipinski definition) is 0. The first-order chi connectivity index (χ1) is 7.33. The van der Waals surface area contributed by atoms with E-state index < -0.39 is 0 Å². The molecule has 0 unspecified atom stereocenters. The lowest BCUT2D eigenvalue weighted by atomic mass is 10.1. The third kappa shape index (κ3) is 4.83. The molecule has 0 saturated heterocycles. The standard InChI is InChI=1S/C8H6.C6H8O/c1-2-8-6-4-3-5-7-8;7-6-4-2-1-3-5-6/h1,3-7H;2,4H,1,3,5H2. The van der Waals surface area contributed by atoms with Gasteiger partial charge in [0.2, 0.25) is 0 Å². The maximum absolute atomic E-state index is 10.4.